The van der Waals surface area contributed by atoms with E-state index in [0.29, 0.717) is 13.0 Å². The van der Waals surface area contributed by atoms with E-state index in [2.05, 4.69) is 16.0 Å². The van der Waals surface area contributed by atoms with Crippen LogP contribution in [-0.4, -0.2) is 71.4 Å². The summed E-state index contributed by atoms with van der Waals surface area (Å²) < 4.78 is 50.5. The van der Waals surface area contributed by atoms with E-state index < -0.39 is 50.3 Å². The van der Waals surface area contributed by atoms with Crippen LogP contribution in [0.1, 0.15) is 47.0 Å². The van der Waals surface area contributed by atoms with Gasteiger partial charge in [0.15, 0.2) is 0 Å². The predicted molar refractivity (Wildman–Crippen MR) is 139 cm³/mol. The molecule has 0 spiro atoms. The first-order chi connectivity index (χ1) is 17.6. The smallest absolute Gasteiger partial charge is 0.407 e. The molecule has 14 heteroatoms. The molecule has 4 atom stereocenters. The first-order valence-electron chi connectivity index (χ1n) is 12.2. The van der Waals surface area contributed by atoms with E-state index in [1.54, 1.807) is 12.1 Å². The maximum atomic E-state index is 13.2. The molecule has 1 heterocycles. The molecule has 1 aromatic carbocycles. The van der Waals surface area contributed by atoms with Gasteiger partial charge in [-0.1, -0.05) is 13.8 Å². The Morgan fingerprint density at radius 2 is 1.87 bits per heavy atom. The van der Waals surface area contributed by atoms with E-state index in [0.717, 1.165) is 4.90 Å². The number of thioether (sulfide) groups is 1. The third-order valence-electron chi connectivity index (χ3n) is 5.75. The van der Waals surface area contributed by atoms with Crippen LogP contribution in [0, 0.1) is 17.7 Å². The number of nitrogens with one attached hydrogen (secondary N) is 3. The zero-order chi connectivity index (χ0) is 28.7. The van der Waals surface area contributed by atoms with E-state index in [1.165, 1.54) is 23.9 Å². The number of aliphatic hydroxyl groups is 1. The number of aliphatic hydroxyl groups excluding tert-OH is 1. The van der Waals surface area contributed by atoms with Crippen LogP contribution in [-0.2, 0) is 24.4 Å². The Morgan fingerprint density at radius 1 is 1.24 bits per heavy atom. The Bertz CT molecular complexity index is 1080. The van der Waals surface area contributed by atoms with Crippen LogP contribution in [0.15, 0.2) is 29.2 Å². The van der Waals surface area contributed by atoms with Crippen LogP contribution >= 0.6 is 11.8 Å². The van der Waals surface area contributed by atoms with Crippen molar-refractivity contribution in [3.8, 4) is 0 Å². The van der Waals surface area contributed by atoms with E-state index in [-0.39, 0.29) is 37.1 Å². The monoisotopic (exact) mass is 577 g/mol. The third kappa shape index (κ3) is 10.4. The molecule has 5 N–H and O–H groups in total. The largest absolute Gasteiger partial charge is 0.448 e. The number of carbonyl (C=O) groups excluding carboxylic acids is 3. The lowest BCUT2D eigenvalue weighted by Crippen LogP contribution is -2.55. The lowest BCUT2D eigenvalue weighted by atomic mass is 9.97. The maximum Gasteiger partial charge on any atom is 0.407 e. The van der Waals surface area contributed by atoms with Crippen molar-refractivity contribution >= 4 is 39.8 Å². The van der Waals surface area contributed by atoms with Crippen LogP contribution in [0.5, 0.6) is 0 Å². The topological polar surface area (TPSA) is 171 Å². The normalized spacial score (nSPS) is 18.4. The summed E-state index contributed by atoms with van der Waals surface area (Å²) in [5.74, 6) is -2.26. The average Bonchev–Trinajstić information content (AvgIpc) is 3.21. The molecule has 1 aliphatic heterocycles. The van der Waals surface area contributed by atoms with Gasteiger partial charge in [0, 0.05) is 22.1 Å². The van der Waals surface area contributed by atoms with Gasteiger partial charge >= 0.3 is 6.09 Å². The molecule has 214 valence electrons. The minimum atomic E-state index is -4.96. The van der Waals surface area contributed by atoms with Crippen molar-refractivity contribution < 1.29 is 41.6 Å². The molecule has 0 bridgehead atoms. The fourth-order valence-corrected chi connectivity index (χ4v) is 5.51. The van der Waals surface area contributed by atoms with E-state index in [4.69, 9.17) is 4.74 Å². The molecule has 1 saturated heterocycles. The molecular formula is C24H36FN3O8S2. The molecule has 1 aromatic rings. The Morgan fingerprint density at radius 3 is 2.39 bits per heavy atom. The fourth-order valence-electron chi connectivity index (χ4n) is 3.89. The summed E-state index contributed by atoms with van der Waals surface area (Å²) in [6.07, 6.45) is -0.588. The highest BCUT2D eigenvalue weighted by molar-refractivity contribution is 8.00. The second-order valence-corrected chi connectivity index (χ2v) is 13.5. The highest BCUT2D eigenvalue weighted by Gasteiger charge is 2.38. The summed E-state index contributed by atoms with van der Waals surface area (Å²) in [6, 6.07) is 3.22. The number of alkyl carbamates (subject to hydrolysis) is 1. The number of rotatable bonds is 13. The van der Waals surface area contributed by atoms with E-state index in [1.807, 2.05) is 27.7 Å². The molecule has 0 aliphatic carbocycles. The van der Waals surface area contributed by atoms with Crippen molar-refractivity contribution in [3.63, 3.8) is 0 Å². The van der Waals surface area contributed by atoms with E-state index >= 15 is 0 Å². The molecule has 0 saturated carbocycles. The molecule has 1 fully saturated rings. The number of amides is 3. The van der Waals surface area contributed by atoms with E-state index in [9.17, 15) is 36.9 Å². The Labute approximate surface area is 226 Å². The molecule has 38 heavy (non-hydrogen) atoms. The Kier molecular flexibility index (Phi) is 11.4. The number of ether oxygens (including phenoxy) is 1. The SMILES string of the molecule is CC(C)C[C@H](NC(=O)OCC(C)(C)Sc1ccc(F)cc1)C(=O)N[C@@H](C[C@@H]1CCNC1=O)C(O)S(=O)(=O)O. The van der Waals surface area contributed by atoms with Gasteiger partial charge in [0.05, 0.1) is 6.04 Å². The van der Waals surface area contributed by atoms with Gasteiger partial charge in [0.25, 0.3) is 10.1 Å². The van der Waals surface area contributed by atoms with Crippen molar-refractivity contribution in [2.45, 2.75) is 74.1 Å². The van der Waals surface area contributed by atoms with Gasteiger partial charge in [-0.3, -0.25) is 14.1 Å². The standard InChI is InChI=1S/C24H36FN3O8S2/c1-14(2)11-18(28-23(32)36-13-24(3,4)37-17-7-5-16(25)6-8-17)21(30)27-19(22(31)38(33,34)35)12-15-9-10-26-20(15)29/h5-8,14-15,18-19,22,31H,9-13H2,1-4H3,(H,26,29)(H,27,30)(H,28,32)(H,33,34,35)/t15-,18-,19-,22?/m0/s1. The summed E-state index contributed by atoms with van der Waals surface area (Å²) in [6.45, 7) is 7.59. The highest BCUT2D eigenvalue weighted by atomic mass is 32.2. The van der Waals surface area contributed by atoms with Crippen molar-refractivity contribution in [2.24, 2.45) is 11.8 Å². The minimum Gasteiger partial charge on any atom is -0.448 e. The molecule has 11 nitrogen and oxygen atoms in total. The summed E-state index contributed by atoms with van der Waals surface area (Å²) in [7, 11) is -4.96. The number of hydrogen-bond donors (Lipinski definition) is 5. The molecule has 3 amide bonds. The summed E-state index contributed by atoms with van der Waals surface area (Å²) in [5, 5.41) is 17.6. The molecule has 1 aliphatic rings. The summed E-state index contributed by atoms with van der Waals surface area (Å²) >= 11 is 1.37. The summed E-state index contributed by atoms with van der Waals surface area (Å²) in [5.41, 5.74) is -2.37. The molecule has 1 unspecified atom stereocenters. The van der Waals surface area contributed by atoms with Crippen molar-refractivity contribution in [1.29, 1.82) is 0 Å². The fraction of sp³-hybridized carbons (Fsp3) is 0.625. The van der Waals surface area contributed by atoms with Crippen LogP contribution < -0.4 is 16.0 Å². The summed E-state index contributed by atoms with van der Waals surface area (Å²) in [4.78, 5) is 38.4. The first kappa shape index (κ1) is 31.8. The number of halogens is 1. The van der Waals surface area contributed by atoms with Crippen molar-refractivity contribution in [1.82, 2.24) is 16.0 Å². The lowest BCUT2D eigenvalue weighted by molar-refractivity contribution is -0.126. The van der Waals surface area contributed by atoms with Gasteiger partial charge in [-0.25, -0.2) is 9.18 Å². The number of carbonyl (C=O) groups is 3. The van der Waals surface area contributed by atoms with Gasteiger partial charge < -0.3 is 25.8 Å². The molecule has 0 radical (unpaired) electrons. The average molecular weight is 578 g/mol. The van der Waals surface area contributed by atoms with Crippen LogP contribution in [0.4, 0.5) is 9.18 Å². The molecule has 2 rings (SSSR count). The van der Waals surface area contributed by atoms with Crippen LogP contribution in [0.25, 0.3) is 0 Å². The van der Waals surface area contributed by atoms with Gasteiger partial charge in [-0.2, -0.15) is 8.42 Å². The first-order valence-corrected chi connectivity index (χ1v) is 14.5. The quantitative estimate of drug-likeness (QED) is 0.174. The highest BCUT2D eigenvalue weighted by Crippen LogP contribution is 2.32. The second-order valence-electron chi connectivity index (χ2n) is 10.3. The third-order valence-corrected chi connectivity index (χ3v) is 7.87. The number of benzene rings is 1. The van der Waals surface area contributed by atoms with Crippen molar-refractivity contribution in [2.75, 3.05) is 13.2 Å². The zero-order valence-corrected chi connectivity index (χ0v) is 23.4. The molecule has 0 aromatic heterocycles. The van der Waals surface area contributed by atoms with Crippen molar-refractivity contribution in [3.05, 3.63) is 30.1 Å². The predicted octanol–water partition coefficient (Wildman–Crippen LogP) is 2.05. The maximum absolute atomic E-state index is 13.2. The second kappa shape index (κ2) is 13.6. The van der Waals surface area contributed by atoms with Crippen LogP contribution in [0.2, 0.25) is 0 Å². The Hall–Kier alpha value is -2.42. The van der Waals surface area contributed by atoms with Gasteiger partial charge in [0.1, 0.15) is 18.5 Å². The van der Waals surface area contributed by atoms with Crippen LogP contribution in [0.3, 0.4) is 0 Å². The van der Waals surface area contributed by atoms with Gasteiger partial charge in [0.2, 0.25) is 17.3 Å². The zero-order valence-electron chi connectivity index (χ0n) is 21.8. The Balaban J connectivity index is 2.05. The van der Waals surface area contributed by atoms with Gasteiger partial charge in [-0.15, -0.1) is 11.8 Å². The minimum absolute atomic E-state index is 0.0439. The lowest BCUT2D eigenvalue weighted by Gasteiger charge is -2.28. The number of hydrogen-bond acceptors (Lipinski definition) is 8. The molecular weight excluding hydrogens is 541 g/mol. The van der Waals surface area contributed by atoms with Gasteiger partial charge in [-0.05, 0) is 63.3 Å².